The lowest BCUT2D eigenvalue weighted by molar-refractivity contribution is -0.0645. The molecule has 60 valence electrons. The van der Waals surface area contributed by atoms with Gasteiger partial charge < -0.3 is 5.21 Å². The molecule has 0 saturated carbocycles. The van der Waals surface area contributed by atoms with Gasteiger partial charge in [0.05, 0.1) is 0 Å². The quantitative estimate of drug-likeness (QED) is 0.350. The Labute approximate surface area is 56.3 Å². The van der Waals surface area contributed by atoms with E-state index in [2.05, 4.69) is 5.16 Å². The molecule has 0 aromatic carbocycles. The highest BCUT2D eigenvalue weighted by Crippen LogP contribution is 2.21. The Bertz CT molecular complexity index is 138. The van der Waals surface area contributed by atoms with Gasteiger partial charge in [-0.15, -0.1) is 0 Å². The van der Waals surface area contributed by atoms with Gasteiger partial charge in [0, 0.05) is 5.92 Å². The van der Waals surface area contributed by atoms with E-state index in [1.165, 1.54) is 13.8 Å². The van der Waals surface area contributed by atoms with Gasteiger partial charge in [-0.25, -0.2) is 0 Å². The Morgan fingerprint density at radius 3 is 1.80 bits per heavy atom. The fourth-order valence-electron chi connectivity index (χ4n) is 0.499. The molecule has 0 spiro atoms. The Balaban J connectivity index is 4.40. The van der Waals surface area contributed by atoms with Crippen molar-refractivity contribution in [1.82, 2.24) is 0 Å². The van der Waals surface area contributed by atoms with Gasteiger partial charge in [0.25, 0.3) is 0 Å². The summed E-state index contributed by atoms with van der Waals surface area (Å²) < 4.78 is 35.0. The number of halogens is 3. The maximum absolute atomic E-state index is 11.7. The molecule has 0 saturated heterocycles. The largest absolute Gasteiger partial charge is 0.432 e. The molecule has 0 unspecified atom stereocenters. The fourth-order valence-corrected chi connectivity index (χ4v) is 0.499. The van der Waals surface area contributed by atoms with Gasteiger partial charge in [0.15, 0.2) is 5.71 Å². The van der Waals surface area contributed by atoms with E-state index in [1.54, 1.807) is 0 Å². The van der Waals surface area contributed by atoms with Gasteiger partial charge in [0.1, 0.15) is 0 Å². The van der Waals surface area contributed by atoms with E-state index >= 15 is 0 Å². The van der Waals surface area contributed by atoms with Crippen LogP contribution in [-0.4, -0.2) is 17.1 Å². The Kier molecular flexibility index (Phi) is 2.68. The molecule has 0 aliphatic carbocycles. The van der Waals surface area contributed by atoms with E-state index in [9.17, 15) is 13.2 Å². The molecule has 2 nitrogen and oxygen atoms in total. The zero-order valence-corrected chi connectivity index (χ0v) is 5.61. The lowest BCUT2D eigenvalue weighted by Crippen LogP contribution is -2.27. The summed E-state index contributed by atoms with van der Waals surface area (Å²) in [4.78, 5) is 0. The van der Waals surface area contributed by atoms with Gasteiger partial charge in [-0.05, 0) is 0 Å². The molecule has 0 radical (unpaired) electrons. The van der Waals surface area contributed by atoms with Gasteiger partial charge in [-0.1, -0.05) is 19.0 Å². The topological polar surface area (TPSA) is 32.6 Å². The van der Waals surface area contributed by atoms with Crippen molar-refractivity contribution in [3.05, 3.63) is 0 Å². The first-order valence-electron chi connectivity index (χ1n) is 2.68. The van der Waals surface area contributed by atoms with Crippen LogP contribution in [0.25, 0.3) is 0 Å². The maximum Gasteiger partial charge on any atom is 0.432 e. The average molecular weight is 155 g/mol. The Hall–Kier alpha value is -0.740. The van der Waals surface area contributed by atoms with Crippen LogP contribution in [0.15, 0.2) is 5.16 Å². The van der Waals surface area contributed by atoms with Gasteiger partial charge in [-0.2, -0.15) is 13.2 Å². The van der Waals surface area contributed by atoms with Crippen LogP contribution in [0.5, 0.6) is 0 Å². The van der Waals surface area contributed by atoms with Crippen molar-refractivity contribution in [3.8, 4) is 0 Å². The third-order valence-electron chi connectivity index (χ3n) is 0.945. The van der Waals surface area contributed by atoms with Crippen LogP contribution in [0.2, 0.25) is 0 Å². The summed E-state index contributed by atoms with van der Waals surface area (Å²) in [5.74, 6) is -0.801. The first-order chi connectivity index (χ1) is 4.39. The second kappa shape index (κ2) is 2.90. The average Bonchev–Trinajstić information content (AvgIpc) is 1.60. The van der Waals surface area contributed by atoms with Crippen molar-refractivity contribution in [2.24, 2.45) is 11.1 Å². The molecule has 0 fully saturated rings. The summed E-state index contributed by atoms with van der Waals surface area (Å²) in [5, 5.41) is 10.1. The third kappa shape index (κ3) is 2.24. The van der Waals surface area contributed by atoms with Crippen molar-refractivity contribution in [2.75, 3.05) is 0 Å². The van der Waals surface area contributed by atoms with Crippen molar-refractivity contribution in [2.45, 2.75) is 20.0 Å². The summed E-state index contributed by atoms with van der Waals surface area (Å²) in [7, 11) is 0. The Morgan fingerprint density at radius 1 is 1.40 bits per heavy atom. The molecule has 0 aliphatic heterocycles. The highest BCUT2D eigenvalue weighted by atomic mass is 19.4. The van der Waals surface area contributed by atoms with E-state index in [0.717, 1.165) is 0 Å². The van der Waals surface area contributed by atoms with E-state index in [1.807, 2.05) is 0 Å². The lowest BCUT2D eigenvalue weighted by Gasteiger charge is -2.10. The first kappa shape index (κ1) is 9.26. The standard InChI is InChI=1S/C5H8F3NO/c1-3(2)4(9-10)5(6,7)8/h3,10H,1-2H3/b9-4-. The van der Waals surface area contributed by atoms with Crippen LogP contribution in [-0.2, 0) is 0 Å². The van der Waals surface area contributed by atoms with Crippen LogP contribution in [0, 0.1) is 5.92 Å². The SMILES string of the molecule is CC(C)/C(=N/O)C(F)(F)F. The molecular weight excluding hydrogens is 147 g/mol. The number of alkyl halides is 3. The molecule has 10 heavy (non-hydrogen) atoms. The first-order valence-corrected chi connectivity index (χ1v) is 2.68. The smallest absolute Gasteiger partial charge is 0.411 e. The molecular formula is C5H8F3NO. The second-order valence-electron chi connectivity index (χ2n) is 2.14. The molecule has 0 rings (SSSR count). The number of hydrogen-bond acceptors (Lipinski definition) is 2. The lowest BCUT2D eigenvalue weighted by atomic mass is 10.1. The summed E-state index contributed by atoms with van der Waals surface area (Å²) in [6, 6.07) is 0. The minimum atomic E-state index is -4.51. The molecule has 0 bridgehead atoms. The Morgan fingerprint density at radius 2 is 1.80 bits per heavy atom. The zero-order chi connectivity index (χ0) is 8.36. The van der Waals surface area contributed by atoms with E-state index in [4.69, 9.17) is 5.21 Å². The maximum atomic E-state index is 11.7. The predicted octanol–water partition coefficient (Wildman–Crippen LogP) is 2.03. The van der Waals surface area contributed by atoms with Crippen LogP contribution >= 0.6 is 0 Å². The molecule has 0 aromatic rings. The highest BCUT2D eigenvalue weighted by molar-refractivity contribution is 5.90. The zero-order valence-electron chi connectivity index (χ0n) is 5.61. The normalized spacial score (nSPS) is 14.4. The summed E-state index contributed by atoms with van der Waals surface area (Å²) in [6.07, 6.45) is -4.51. The van der Waals surface area contributed by atoms with Gasteiger partial charge in [0.2, 0.25) is 0 Å². The minimum Gasteiger partial charge on any atom is -0.411 e. The number of oxime groups is 1. The number of rotatable bonds is 1. The molecule has 5 heteroatoms. The summed E-state index contributed by atoms with van der Waals surface area (Å²) in [6.45, 7) is 2.62. The summed E-state index contributed by atoms with van der Waals surface area (Å²) in [5.41, 5.74) is -1.15. The highest BCUT2D eigenvalue weighted by Gasteiger charge is 2.38. The van der Waals surface area contributed by atoms with Crippen LogP contribution in [0.1, 0.15) is 13.8 Å². The molecule has 0 aromatic heterocycles. The van der Waals surface area contributed by atoms with Crippen LogP contribution < -0.4 is 0 Å². The van der Waals surface area contributed by atoms with E-state index < -0.39 is 17.8 Å². The number of hydrogen-bond donors (Lipinski definition) is 1. The van der Waals surface area contributed by atoms with Crippen molar-refractivity contribution in [3.63, 3.8) is 0 Å². The van der Waals surface area contributed by atoms with Crippen LogP contribution in [0.4, 0.5) is 13.2 Å². The van der Waals surface area contributed by atoms with Crippen molar-refractivity contribution in [1.29, 1.82) is 0 Å². The van der Waals surface area contributed by atoms with Crippen LogP contribution in [0.3, 0.4) is 0 Å². The second-order valence-corrected chi connectivity index (χ2v) is 2.14. The van der Waals surface area contributed by atoms with Gasteiger partial charge in [-0.3, -0.25) is 0 Å². The minimum absolute atomic E-state index is 0.801. The predicted molar refractivity (Wildman–Crippen MR) is 30.1 cm³/mol. The summed E-state index contributed by atoms with van der Waals surface area (Å²) >= 11 is 0. The number of nitrogens with zero attached hydrogens (tertiary/aromatic N) is 1. The van der Waals surface area contributed by atoms with Crippen molar-refractivity contribution >= 4 is 5.71 Å². The van der Waals surface area contributed by atoms with E-state index in [-0.39, 0.29) is 0 Å². The molecule has 0 heterocycles. The van der Waals surface area contributed by atoms with Gasteiger partial charge >= 0.3 is 6.18 Å². The monoisotopic (exact) mass is 155 g/mol. The van der Waals surface area contributed by atoms with Crippen molar-refractivity contribution < 1.29 is 18.4 Å². The fraction of sp³-hybridized carbons (Fsp3) is 0.800. The third-order valence-corrected chi connectivity index (χ3v) is 0.945. The molecule has 0 aliphatic rings. The molecule has 0 atom stereocenters. The van der Waals surface area contributed by atoms with E-state index in [0.29, 0.717) is 0 Å². The molecule has 1 N–H and O–H groups in total. The molecule has 0 amide bonds.